The molecule has 0 aliphatic carbocycles. The molecule has 0 saturated carbocycles. The van der Waals surface area contributed by atoms with Crippen LogP contribution in [0.2, 0.25) is 0 Å². The Labute approximate surface area is 109 Å². The fourth-order valence-electron chi connectivity index (χ4n) is 1.21. The van der Waals surface area contributed by atoms with E-state index in [2.05, 4.69) is 25.9 Å². The minimum Gasteiger partial charge on any atom is -0.478 e. The topological polar surface area (TPSA) is 72.3 Å². The molecule has 0 fully saturated rings. The Morgan fingerprint density at radius 2 is 2.00 bits per heavy atom. The first-order valence-electron chi connectivity index (χ1n) is 4.74. The SMILES string of the molecule is O=C(O)c1cc(F)ccc1Oc1ncc(Br)cn1. The first-order valence-corrected chi connectivity index (χ1v) is 5.54. The van der Waals surface area contributed by atoms with Crippen LogP contribution in [-0.4, -0.2) is 21.0 Å². The van der Waals surface area contributed by atoms with Crippen LogP contribution in [0.15, 0.2) is 35.1 Å². The number of carbonyl (C=O) groups is 1. The molecule has 0 atom stereocenters. The number of aromatic carboxylic acids is 1. The fraction of sp³-hybridized carbons (Fsp3) is 0. The van der Waals surface area contributed by atoms with E-state index in [4.69, 9.17) is 9.84 Å². The van der Waals surface area contributed by atoms with Gasteiger partial charge in [-0.25, -0.2) is 19.2 Å². The summed E-state index contributed by atoms with van der Waals surface area (Å²) in [6.45, 7) is 0. The molecule has 0 bridgehead atoms. The number of carboxylic acid groups (broad SMARTS) is 1. The van der Waals surface area contributed by atoms with Crippen molar-refractivity contribution >= 4 is 21.9 Å². The molecule has 0 spiro atoms. The minimum atomic E-state index is -1.29. The van der Waals surface area contributed by atoms with Crippen LogP contribution in [0.4, 0.5) is 4.39 Å². The summed E-state index contributed by atoms with van der Waals surface area (Å²) in [5.74, 6) is -1.97. The van der Waals surface area contributed by atoms with Crippen LogP contribution >= 0.6 is 15.9 Å². The van der Waals surface area contributed by atoms with Crippen LogP contribution in [0, 0.1) is 5.82 Å². The molecule has 1 aromatic carbocycles. The van der Waals surface area contributed by atoms with E-state index in [1.54, 1.807) is 0 Å². The highest BCUT2D eigenvalue weighted by atomic mass is 79.9. The van der Waals surface area contributed by atoms with Crippen molar-refractivity contribution in [2.24, 2.45) is 0 Å². The number of benzene rings is 1. The molecule has 2 rings (SSSR count). The highest BCUT2D eigenvalue weighted by molar-refractivity contribution is 9.10. The van der Waals surface area contributed by atoms with Crippen molar-refractivity contribution in [2.75, 3.05) is 0 Å². The van der Waals surface area contributed by atoms with Gasteiger partial charge < -0.3 is 9.84 Å². The van der Waals surface area contributed by atoms with Crippen molar-refractivity contribution in [2.45, 2.75) is 0 Å². The molecule has 18 heavy (non-hydrogen) atoms. The second kappa shape index (κ2) is 5.09. The molecule has 0 amide bonds. The zero-order valence-electron chi connectivity index (χ0n) is 8.80. The van der Waals surface area contributed by atoms with Gasteiger partial charge in [0.25, 0.3) is 0 Å². The Morgan fingerprint density at radius 3 is 2.61 bits per heavy atom. The summed E-state index contributed by atoms with van der Waals surface area (Å²) in [5.41, 5.74) is -0.290. The molecule has 0 aliphatic heterocycles. The predicted octanol–water partition coefficient (Wildman–Crippen LogP) is 2.87. The van der Waals surface area contributed by atoms with E-state index < -0.39 is 11.8 Å². The van der Waals surface area contributed by atoms with Gasteiger partial charge in [0.05, 0.1) is 4.47 Å². The van der Waals surface area contributed by atoms with Crippen LogP contribution in [0.25, 0.3) is 0 Å². The number of halogens is 2. The molecule has 5 nitrogen and oxygen atoms in total. The first kappa shape index (κ1) is 12.4. The van der Waals surface area contributed by atoms with E-state index in [-0.39, 0.29) is 17.3 Å². The van der Waals surface area contributed by atoms with E-state index >= 15 is 0 Å². The third kappa shape index (κ3) is 2.80. The number of hydrogen-bond acceptors (Lipinski definition) is 4. The van der Waals surface area contributed by atoms with Crippen LogP contribution < -0.4 is 4.74 Å². The average Bonchev–Trinajstić information content (AvgIpc) is 2.34. The number of nitrogens with zero attached hydrogens (tertiary/aromatic N) is 2. The van der Waals surface area contributed by atoms with Crippen LogP contribution in [0.5, 0.6) is 11.8 Å². The molecule has 1 aromatic heterocycles. The summed E-state index contributed by atoms with van der Waals surface area (Å²) in [4.78, 5) is 18.6. The van der Waals surface area contributed by atoms with E-state index in [0.29, 0.717) is 4.47 Å². The number of ether oxygens (including phenoxy) is 1. The third-order valence-electron chi connectivity index (χ3n) is 1.97. The van der Waals surface area contributed by atoms with Gasteiger partial charge in [-0.1, -0.05) is 0 Å². The lowest BCUT2D eigenvalue weighted by molar-refractivity contribution is 0.0693. The first-order chi connectivity index (χ1) is 8.56. The Morgan fingerprint density at radius 1 is 1.33 bits per heavy atom. The molecule has 92 valence electrons. The summed E-state index contributed by atoms with van der Waals surface area (Å²) in [6.07, 6.45) is 2.90. The van der Waals surface area contributed by atoms with Crippen molar-refractivity contribution in [1.82, 2.24) is 9.97 Å². The zero-order valence-corrected chi connectivity index (χ0v) is 10.4. The number of aromatic nitrogens is 2. The summed E-state index contributed by atoms with van der Waals surface area (Å²) in [6, 6.07) is 3.16. The van der Waals surface area contributed by atoms with Crippen LogP contribution in [0.3, 0.4) is 0 Å². The molecule has 7 heteroatoms. The molecule has 2 aromatic rings. The quantitative estimate of drug-likeness (QED) is 0.943. The molecule has 0 radical (unpaired) electrons. The molecule has 0 saturated heterocycles. The third-order valence-corrected chi connectivity index (χ3v) is 2.38. The summed E-state index contributed by atoms with van der Waals surface area (Å²) in [5, 5.41) is 8.92. The maximum Gasteiger partial charge on any atom is 0.339 e. The van der Waals surface area contributed by atoms with Gasteiger partial charge in [-0.3, -0.25) is 0 Å². The average molecular weight is 313 g/mol. The predicted molar refractivity (Wildman–Crippen MR) is 63.2 cm³/mol. The summed E-state index contributed by atoms with van der Waals surface area (Å²) >= 11 is 3.15. The van der Waals surface area contributed by atoms with Gasteiger partial charge in [-0.2, -0.15) is 0 Å². The Hall–Kier alpha value is -2.02. The maximum atomic E-state index is 12.9. The lowest BCUT2D eigenvalue weighted by atomic mass is 10.2. The van der Waals surface area contributed by atoms with Crippen LogP contribution in [0.1, 0.15) is 10.4 Å². The van der Waals surface area contributed by atoms with Gasteiger partial charge in [0, 0.05) is 12.4 Å². The number of carboxylic acids is 1. The number of hydrogen-bond donors (Lipinski definition) is 1. The monoisotopic (exact) mass is 312 g/mol. The van der Waals surface area contributed by atoms with Crippen molar-refractivity contribution in [3.05, 3.63) is 46.4 Å². The molecular formula is C11H6BrFN2O3. The highest BCUT2D eigenvalue weighted by Crippen LogP contribution is 2.24. The summed E-state index contributed by atoms with van der Waals surface area (Å²) < 4.78 is 18.8. The summed E-state index contributed by atoms with van der Waals surface area (Å²) in [7, 11) is 0. The van der Waals surface area contributed by atoms with E-state index in [1.807, 2.05) is 0 Å². The number of rotatable bonds is 3. The van der Waals surface area contributed by atoms with Gasteiger partial charge >= 0.3 is 12.0 Å². The van der Waals surface area contributed by atoms with Gasteiger partial charge in [0.15, 0.2) is 0 Å². The van der Waals surface area contributed by atoms with Gasteiger partial charge in [0.1, 0.15) is 17.1 Å². The smallest absolute Gasteiger partial charge is 0.339 e. The van der Waals surface area contributed by atoms with Crippen molar-refractivity contribution in [3.63, 3.8) is 0 Å². The minimum absolute atomic E-state index is 0.0210. The van der Waals surface area contributed by atoms with Crippen LogP contribution in [-0.2, 0) is 0 Å². The lowest BCUT2D eigenvalue weighted by Crippen LogP contribution is -2.02. The fourth-order valence-corrected chi connectivity index (χ4v) is 1.41. The largest absolute Gasteiger partial charge is 0.478 e. The molecule has 1 heterocycles. The molecule has 1 N–H and O–H groups in total. The Bertz CT molecular complexity index is 589. The van der Waals surface area contributed by atoms with E-state index in [0.717, 1.165) is 12.1 Å². The molecule has 0 unspecified atom stereocenters. The highest BCUT2D eigenvalue weighted by Gasteiger charge is 2.14. The normalized spacial score (nSPS) is 10.1. The molecular weight excluding hydrogens is 307 g/mol. The van der Waals surface area contributed by atoms with Crippen molar-refractivity contribution in [3.8, 4) is 11.8 Å². The molecule has 0 aliphatic rings. The second-order valence-corrected chi connectivity index (χ2v) is 4.15. The van der Waals surface area contributed by atoms with Crippen molar-refractivity contribution in [1.29, 1.82) is 0 Å². The standard InChI is InChI=1S/C11H6BrFN2O3/c12-6-4-14-11(15-5-6)18-9-2-1-7(13)3-8(9)10(16)17/h1-5H,(H,16,17). The van der Waals surface area contributed by atoms with Crippen molar-refractivity contribution < 1.29 is 19.0 Å². The van der Waals surface area contributed by atoms with E-state index in [9.17, 15) is 9.18 Å². The zero-order chi connectivity index (χ0) is 13.1. The Balaban J connectivity index is 2.34. The van der Waals surface area contributed by atoms with E-state index in [1.165, 1.54) is 18.5 Å². The van der Waals surface area contributed by atoms with Gasteiger partial charge in [-0.05, 0) is 34.1 Å². The maximum absolute atomic E-state index is 12.9. The lowest BCUT2D eigenvalue weighted by Gasteiger charge is -2.06. The van der Waals surface area contributed by atoms with Gasteiger partial charge in [-0.15, -0.1) is 0 Å². The Kier molecular flexibility index (Phi) is 3.52. The van der Waals surface area contributed by atoms with Gasteiger partial charge in [0.2, 0.25) is 0 Å². The second-order valence-electron chi connectivity index (χ2n) is 3.23.